The molecule has 5 rings (SSSR count). The Morgan fingerprint density at radius 2 is 1.60 bits per heavy atom. The van der Waals surface area contributed by atoms with Gasteiger partial charge in [0.15, 0.2) is 0 Å². The molecule has 2 N–H and O–H groups in total. The molecule has 1 aliphatic heterocycles. The van der Waals surface area contributed by atoms with Crippen molar-refractivity contribution in [2.24, 2.45) is 11.8 Å². The van der Waals surface area contributed by atoms with Gasteiger partial charge in [0.05, 0.1) is 49.0 Å². The van der Waals surface area contributed by atoms with E-state index in [4.69, 9.17) is 14.5 Å². The Balaban J connectivity index is 1.36. The van der Waals surface area contributed by atoms with Crippen LogP contribution in [0.15, 0.2) is 89.8 Å². The van der Waals surface area contributed by atoms with Gasteiger partial charge in [-0.3, -0.25) is 9.78 Å². The van der Waals surface area contributed by atoms with E-state index in [1.54, 1.807) is 29.0 Å². The lowest BCUT2D eigenvalue weighted by molar-refractivity contribution is -0.128. The van der Waals surface area contributed by atoms with Crippen LogP contribution in [0.4, 0.5) is 4.79 Å². The van der Waals surface area contributed by atoms with E-state index in [1.807, 2.05) is 88.4 Å². The number of nitrogens with zero attached hydrogens (tertiary/aromatic N) is 4. The van der Waals surface area contributed by atoms with Crippen LogP contribution in [0.1, 0.15) is 39.0 Å². The highest BCUT2D eigenvalue weighted by Gasteiger charge is 2.40. The largest absolute Gasteiger partial charge is 0.497 e. The van der Waals surface area contributed by atoms with Crippen molar-refractivity contribution in [1.82, 2.24) is 24.4 Å². The summed E-state index contributed by atoms with van der Waals surface area (Å²) in [6.07, 6.45) is -1.04. The van der Waals surface area contributed by atoms with Crippen LogP contribution in [0, 0.1) is 11.8 Å². The number of aliphatic hydroxyl groups excluding tert-OH is 1. The number of sulfonamides is 1. The van der Waals surface area contributed by atoms with Gasteiger partial charge in [0.2, 0.25) is 15.9 Å². The summed E-state index contributed by atoms with van der Waals surface area (Å²) >= 11 is 0. The molecular weight excluding hydrogens is 695 g/mol. The molecule has 13 heteroatoms. The molecule has 284 valence electrons. The molecule has 1 unspecified atom stereocenters. The first kappa shape index (κ1) is 39.5. The summed E-state index contributed by atoms with van der Waals surface area (Å²) in [5, 5.41) is 15.7. The van der Waals surface area contributed by atoms with Crippen LogP contribution in [0.2, 0.25) is 0 Å². The number of amides is 3. The van der Waals surface area contributed by atoms with Crippen LogP contribution in [-0.2, 0) is 27.8 Å². The molecule has 2 heterocycles. The molecule has 0 saturated carbocycles. The van der Waals surface area contributed by atoms with Crippen LogP contribution < -0.4 is 14.8 Å². The molecule has 1 aromatic heterocycles. The van der Waals surface area contributed by atoms with E-state index in [-0.39, 0.29) is 48.8 Å². The number of ether oxygens (including phenoxy) is 2. The summed E-state index contributed by atoms with van der Waals surface area (Å²) in [5.74, 6) is 0.460. The zero-order chi connectivity index (χ0) is 38.3. The summed E-state index contributed by atoms with van der Waals surface area (Å²) in [5.41, 5.74) is 2.28. The van der Waals surface area contributed by atoms with Crippen molar-refractivity contribution in [3.05, 3.63) is 96.2 Å². The Morgan fingerprint density at radius 3 is 2.25 bits per heavy atom. The molecule has 0 radical (unpaired) electrons. The number of aliphatic hydroxyl groups is 1. The van der Waals surface area contributed by atoms with E-state index < -0.39 is 34.1 Å². The number of para-hydroxylation sites is 1. The van der Waals surface area contributed by atoms with Crippen LogP contribution in [-0.4, -0.2) is 103 Å². The summed E-state index contributed by atoms with van der Waals surface area (Å²) in [6, 6.07) is 23.0. The molecule has 0 aliphatic carbocycles. The standard InChI is InChI=1S/C40H51N5O7S/c1-27(2)24-44(53(49,50)32-18-16-31(51-5)17-19-32)26-36(46)35(22-29-12-8-7-9-13-29)42-39(47)38(28(3)4)45-21-20-43(40(45)48)25-30-23-37(52-6)33-14-10-11-15-34(33)41-30/h7-19,23,27-28,35-36,38,46H,20-22,24-26H2,1-6H3,(H,42,47)/t35-,36+,38?/m0/s1. The average molecular weight is 746 g/mol. The molecule has 53 heavy (non-hydrogen) atoms. The quantitative estimate of drug-likeness (QED) is 0.155. The second-order valence-corrected chi connectivity index (χ2v) is 16.1. The lowest BCUT2D eigenvalue weighted by Gasteiger charge is -2.34. The van der Waals surface area contributed by atoms with Gasteiger partial charge in [0.25, 0.3) is 0 Å². The number of fused-ring (bicyclic) bond motifs is 1. The molecule has 3 amide bonds. The fourth-order valence-corrected chi connectivity index (χ4v) is 8.40. The van der Waals surface area contributed by atoms with Gasteiger partial charge in [-0.25, -0.2) is 13.2 Å². The van der Waals surface area contributed by atoms with Gasteiger partial charge in [-0.2, -0.15) is 4.31 Å². The van der Waals surface area contributed by atoms with Gasteiger partial charge in [-0.15, -0.1) is 0 Å². The lowest BCUT2D eigenvalue weighted by atomic mass is 9.97. The van der Waals surface area contributed by atoms with Gasteiger partial charge >= 0.3 is 6.03 Å². The van der Waals surface area contributed by atoms with E-state index in [0.717, 1.165) is 16.5 Å². The number of carbonyl (C=O) groups is 2. The minimum absolute atomic E-state index is 0.0438. The molecule has 12 nitrogen and oxygen atoms in total. The van der Waals surface area contributed by atoms with Crippen LogP contribution in [0.25, 0.3) is 10.9 Å². The number of benzene rings is 3. The molecule has 3 aromatic carbocycles. The predicted octanol–water partition coefficient (Wildman–Crippen LogP) is 4.95. The van der Waals surface area contributed by atoms with Gasteiger partial charge in [0, 0.05) is 37.6 Å². The fraction of sp³-hybridized carbons (Fsp3) is 0.425. The maximum Gasteiger partial charge on any atom is 0.321 e. The van der Waals surface area contributed by atoms with Crippen molar-refractivity contribution < 1.29 is 32.6 Å². The van der Waals surface area contributed by atoms with Gasteiger partial charge < -0.3 is 29.7 Å². The fourth-order valence-electron chi connectivity index (χ4n) is 6.78. The molecule has 1 fully saturated rings. The van der Waals surface area contributed by atoms with Crippen molar-refractivity contribution in [3.63, 3.8) is 0 Å². The summed E-state index contributed by atoms with van der Waals surface area (Å²) in [7, 11) is -0.908. The summed E-state index contributed by atoms with van der Waals surface area (Å²) < 4.78 is 39.9. The third-order valence-corrected chi connectivity index (χ3v) is 11.3. The SMILES string of the molecule is COc1ccc(S(=O)(=O)N(CC(C)C)C[C@@H](O)[C@H](Cc2ccccc2)NC(=O)C(C(C)C)N2CCN(Cc3cc(OC)c4ccccc4n3)C2=O)cc1. The Hall–Kier alpha value is -4.72. The number of nitrogens with one attached hydrogen (secondary N) is 1. The monoisotopic (exact) mass is 745 g/mol. The highest BCUT2D eigenvalue weighted by atomic mass is 32.2. The first-order valence-electron chi connectivity index (χ1n) is 18.0. The minimum Gasteiger partial charge on any atom is -0.497 e. The number of pyridine rings is 1. The third kappa shape index (κ3) is 9.45. The number of aromatic nitrogens is 1. The second-order valence-electron chi connectivity index (χ2n) is 14.2. The normalized spacial score (nSPS) is 15.3. The maximum atomic E-state index is 14.3. The number of methoxy groups -OCH3 is 2. The van der Waals surface area contributed by atoms with Gasteiger partial charge in [0.1, 0.15) is 17.5 Å². The summed E-state index contributed by atoms with van der Waals surface area (Å²) in [6.45, 7) is 8.44. The number of hydrogen-bond acceptors (Lipinski definition) is 8. The first-order chi connectivity index (χ1) is 25.3. The van der Waals surface area contributed by atoms with E-state index in [1.165, 1.54) is 23.5 Å². The van der Waals surface area contributed by atoms with Crippen LogP contribution in [0.3, 0.4) is 0 Å². The van der Waals surface area contributed by atoms with E-state index in [9.17, 15) is 23.1 Å². The van der Waals surface area contributed by atoms with Crippen molar-refractivity contribution >= 4 is 32.9 Å². The van der Waals surface area contributed by atoms with Gasteiger partial charge in [-0.05, 0) is 60.2 Å². The highest BCUT2D eigenvalue weighted by molar-refractivity contribution is 7.89. The number of hydrogen-bond donors (Lipinski definition) is 2. The second kappa shape index (κ2) is 17.4. The van der Waals surface area contributed by atoms with Crippen molar-refractivity contribution in [2.45, 2.75) is 63.7 Å². The Labute approximate surface area is 312 Å². The molecule has 4 aromatic rings. The van der Waals surface area contributed by atoms with E-state index in [0.29, 0.717) is 30.3 Å². The number of urea groups is 1. The van der Waals surface area contributed by atoms with Crippen LogP contribution >= 0.6 is 0 Å². The van der Waals surface area contributed by atoms with Crippen molar-refractivity contribution in [3.8, 4) is 11.5 Å². The van der Waals surface area contributed by atoms with Crippen molar-refractivity contribution in [2.75, 3.05) is 40.4 Å². The summed E-state index contributed by atoms with van der Waals surface area (Å²) in [4.78, 5) is 36.2. The smallest absolute Gasteiger partial charge is 0.321 e. The van der Waals surface area contributed by atoms with Crippen LogP contribution in [0.5, 0.6) is 11.5 Å². The zero-order valence-electron chi connectivity index (χ0n) is 31.3. The predicted molar refractivity (Wildman–Crippen MR) is 204 cm³/mol. The van der Waals surface area contributed by atoms with E-state index >= 15 is 0 Å². The first-order valence-corrected chi connectivity index (χ1v) is 19.4. The average Bonchev–Trinajstić information content (AvgIpc) is 3.48. The molecule has 3 atom stereocenters. The highest BCUT2D eigenvalue weighted by Crippen LogP contribution is 2.28. The Kier molecular flexibility index (Phi) is 13.0. The lowest BCUT2D eigenvalue weighted by Crippen LogP contribution is -2.57. The third-order valence-electron chi connectivity index (χ3n) is 9.41. The number of carbonyl (C=O) groups excluding carboxylic acids is 2. The molecular formula is C40H51N5O7S. The molecule has 0 spiro atoms. The van der Waals surface area contributed by atoms with Gasteiger partial charge in [-0.1, -0.05) is 70.2 Å². The number of rotatable bonds is 17. The van der Waals surface area contributed by atoms with Crippen molar-refractivity contribution in [1.29, 1.82) is 0 Å². The Morgan fingerprint density at radius 1 is 0.925 bits per heavy atom. The topological polar surface area (TPSA) is 142 Å². The molecule has 0 bridgehead atoms. The molecule has 1 aliphatic rings. The van der Waals surface area contributed by atoms with E-state index in [2.05, 4.69) is 5.32 Å². The zero-order valence-corrected chi connectivity index (χ0v) is 32.1. The Bertz CT molecular complexity index is 1960. The maximum absolute atomic E-state index is 14.3. The molecule has 1 saturated heterocycles. The minimum atomic E-state index is -4.02.